The molecule has 6 heteroatoms. The summed E-state index contributed by atoms with van der Waals surface area (Å²) in [5.74, 6) is -0.498. The fourth-order valence-corrected chi connectivity index (χ4v) is 6.92. The van der Waals surface area contributed by atoms with Crippen LogP contribution in [0.2, 0.25) is 0 Å². The van der Waals surface area contributed by atoms with Crippen LogP contribution in [0, 0.1) is 0 Å². The molecule has 0 rings (SSSR count). The fourth-order valence-electron chi connectivity index (χ4n) is 6.92. The van der Waals surface area contributed by atoms with Gasteiger partial charge in [0.25, 0.3) is 0 Å². The molecule has 0 aliphatic carbocycles. The molecule has 320 valence electrons. The smallest absolute Gasteiger partial charge is 0.306 e. The molecule has 0 aliphatic rings. The van der Waals surface area contributed by atoms with Crippen LogP contribution in [0.5, 0.6) is 0 Å². The minimum Gasteiger partial charge on any atom is -0.462 e. The van der Waals surface area contributed by atoms with Crippen molar-refractivity contribution in [2.75, 3.05) is 6.61 Å². The summed E-state index contributed by atoms with van der Waals surface area (Å²) in [7, 11) is 0. The van der Waals surface area contributed by atoms with Gasteiger partial charge in [-0.15, -0.1) is 0 Å². The second-order valence-electron chi connectivity index (χ2n) is 15.7. The Morgan fingerprint density at radius 1 is 0.545 bits per heavy atom. The number of aliphatic hydroxyl groups is 2. The molecule has 0 aromatic carbocycles. The van der Waals surface area contributed by atoms with Gasteiger partial charge in [0.1, 0.15) is 6.10 Å². The molecule has 0 aromatic heterocycles. The van der Waals surface area contributed by atoms with Gasteiger partial charge in [-0.2, -0.15) is 0 Å². The molecular weight excluding hydrogens is 683 g/mol. The van der Waals surface area contributed by atoms with Crippen LogP contribution in [0.1, 0.15) is 226 Å². The number of carbonyl (C=O) groups is 2. The van der Waals surface area contributed by atoms with Crippen LogP contribution in [-0.2, 0) is 14.3 Å². The van der Waals surface area contributed by atoms with E-state index in [0.29, 0.717) is 19.3 Å². The summed E-state index contributed by atoms with van der Waals surface area (Å²) < 4.78 is 5.90. The predicted octanol–water partition coefficient (Wildman–Crippen LogP) is 13.5. The zero-order valence-electron chi connectivity index (χ0n) is 36.3. The third kappa shape index (κ3) is 38.5. The Hall–Kier alpha value is -2.18. The Morgan fingerprint density at radius 2 is 0.982 bits per heavy atom. The summed E-state index contributed by atoms with van der Waals surface area (Å²) >= 11 is 0. The number of hydrogen-bond acceptors (Lipinski definition) is 5. The van der Waals surface area contributed by atoms with Crippen molar-refractivity contribution in [2.45, 2.75) is 244 Å². The number of ether oxygens (including phenoxy) is 1. The van der Waals surface area contributed by atoms with Crippen LogP contribution in [-0.4, -0.2) is 46.9 Å². The van der Waals surface area contributed by atoms with E-state index in [0.717, 1.165) is 96.3 Å². The summed E-state index contributed by atoms with van der Waals surface area (Å²) in [4.78, 5) is 26.0. The van der Waals surface area contributed by atoms with Crippen LogP contribution >= 0.6 is 0 Å². The fraction of sp³-hybridized carbons (Fsp3) is 0.796. The number of unbranched alkanes of at least 4 members (excludes halogenated alkanes) is 21. The van der Waals surface area contributed by atoms with Crippen molar-refractivity contribution in [3.05, 3.63) is 48.6 Å². The third-order valence-corrected chi connectivity index (χ3v) is 10.4. The maximum absolute atomic E-state index is 13.1. The molecule has 0 radical (unpaired) electrons. The van der Waals surface area contributed by atoms with Gasteiger partial charge in [-0.3, -0.25) is 9.59 Å². The maximum atomic E-state index is 13.1. The van der Waals surface area contributed by atoms with E-state index in [1.807, 2.05) is 0 Å². The normalized spacial score (nSPS) is 13.8. The number of carbonyl (C=O) groups excluding carboxylic acids is 2. The van der Waals surface area contributed by atoms with Crippen molar-refractivity contribution in [3.8, 4) is 0 Å². The summed E-state index contributed by atoms with van der Waals surface area (Å²) in [6.07, 6.45) is 50.3. The van der Waals surface area contributed by atoms with Gasteiger partial charge < -0.3 is 20.3 Å². The third-order valence-electron chi connectivity index (χ3n) is 10.4. The zero-order valence-corrected chi connectivity index (χ0v) is 36.3. The van der Waals surface area contributed by atoms with Crippen molar-refractivity contribution in [3.63, 3.8) is 0 Å². The van der Waals surface area contributed by atoms with Gasteiger partial charge in [0.15, 0.2) is 0 Å². The average Bonchev–Trinajstić information content (AvgIpc) is 3.18. The standard InChI is InChI=1S/C49H89NO5/c1-4-7-10-13-16-19-22-24-25-27-30-33-36-39-42-49(54)55-45(40-37-34-31-28-26-23-20-17-14-11-8-5-2)43-48(53)50-46(44-51)47(52)41-38-35-32-29-21-18-15-12-9-6-3/h7-8,10-11,16-17,19-20,45-47,51-52H,4-6,9,12-15,18,21-44H2,1-3H3,(H,50,53)/b10-7+,11-8+,19-16+,20-17+. The number of nitrogens with one attached hydrogen (secondary N) is 1. The van der Waals surface area contributed by atoms with Crippen LogP contribution < -0.4 is 5.32 Å². The zero-order chi connectivity index (χ0) is 40.3. The minimum atomic E-state index is -0.790. The van der Waals surface area contributed by atoms with E-state index in [2.05, 4.69) is 74.7 Å². The van der Waals surface area contributed by atoms with E-state index in [1.165, 1.54) is 83.5 Å². The molecule has 3 atom stereocenters. The van der Waals surface area contributed by atoms with Gasteiger partial charge in [-0.05, 0) is 77.0 Å². The second-order valence-corrected chi connectivity index (χ2v) is 15.7. The van der Waals surface area contributed by atoms with Crippen molar-refractivity contribution >= 4 is 11.9 Å². The van der Waals surface area contributed by atoms with Gasteiger partial charge in [-0.1, -0.05) is 185 Å². The molecule has 0 heterocycles. The Bertz CT molecular complexity index is 957. The SMILES string of the molecule is CC/C=C/C/C=C/CCCCCCCCCC(=O)OC(CCCCCCC/C=C/C/C=C/CC)CC(=O)NC(CO)C(O)CCCCCCCCCCCC. The summed E-state index contributed by atoms with van der Waals surface area (Å²) in [6.45, 7) is 6.24. The minimum absolute atomic E-state index is 0.0646. The van der Waals surface area contributed by atoms with Crippen LogP contribution in [0.3, 0.4) is 0 Å². The second kappa shape index (κ2) is 43.0. The van der Waals surface area contributed by atoms with Crippen molar-refractivity contribution in [1.29, 1.82) is 0 Å². The van der Waals surface area contributed by atoms with E-state index >= 15 is 0 Å². The molecule has 0 spiro atoms. The first-order valence-corrected chi connectivity index (χ1v) is 23.4. The highest BCUT2D eigenvalue weighted by Crippen LogP contribution is 2.17. The van der Waals surface area contributed by atoms with Crippen LogP contribution in [0.25, 0.3) is 0 Å². The molecule has 55 heavy (non-hydrogen) atoms. The lowest BCUT2D eigenvalue weighted by molar-refractivity contribution is -0.151. The molecule has 0 aliphatic heterocycles. The Morgan fingerprint density at radius 3 is 1.47 bits per heavy atom. The monoisotopic (exact) mass is 772 g/mol. The molecule has 3 unspecified atom stereocenters. The molecule has 0 saturated carbocycles. The quantitative estimate of drug-likeness (QED) is 0.0327. The lowest BCUT2D eigenvalue weighted by atomic mass is 10.0. The van der Waals surface area contributed by atoms with E-state index in [4.69, 9.17) is 4.74 Å². The van der Waals surface area contributed by atoms with Crippen LogP contribution in [0.4, 0.5) is 0 Å². The van der Waals surface area contributed by atoms with E-state index in [-0.39, 0.29) is 24.9 Å². The Balaban J connectivity index is 4.61. The van der Waals surface area contributed by atoms with Gasteiger partial charge >= 0.3 is 5.97 Å². The van der Waals surface area contributed by atoms with E-state index in [9.17, 15) is 19.8 Å². The number of hydrogen-bond donors (Lipinski definition) is 3. The largest absolute Gasteiger partial charge is 0.462 e. The van der Waals surface area contributed by atoms with Crippen molar-refractivity contribution in [2.24, 2.45) is 0 Å². The van der Waals surface area contributed by atoms with Gasteiger partial charge in [0, 0.05) is 6.42 Å². The molecule has 0 fully saturated rings. The average molecular weight is 772 g/mol. The van der Waals surface area contributed by atoms with Crippen molar-refractivity contribution in [1.82, 2.24) is 5.32 Å². The first-order chi connectivity index (χ1) is 27.0. The van der Waals surface area contributed by atoms with Gasteiger partial charge in [0.05, 0.1) is 25.2 Å². The predicted molar refractivity (Wildman–Crippen MR) is 236 cm³/mol. The van der Waals surface area contributed by atoms with E-state index < -0.39 is 18.2 Å². The number of allylic oxidation sites excluding steroid dienone is 8. The highest BCUT2D eigenvalue weighted by Gasteiger charge is 2.24. The molecule has 0 saturated heterocycles. The Kier molecular flexibility index (Phi) is 41.2. The van der Waals surface area contributed by atoms with Gasteiger partial charge in [0.2, 0.25) is 5.91 Å². The Labute approximate surface area is 340 Å². The summed E-state index contributed by atoms with van der Waals surface area (Å²) in [5, 5.41) is 23.6. The number of aliphatic hydroxyl groups excluding tert-OH is 2. The highest BCUT2D eigenvalue weighted by molar-refractivity contribution is 5.77. The summed E-state index contributed by atoms with van der Waals surface area (Å²) in [5.41, 5.74) is 0. The molecule has 6 nitrogen and oxygen atoms in total. The molecule has 1 amide bonds. The number of esters is 1. The first-order valence-electron chi connectivity index (χ1n) is 23.4. The molecule has 0 aromatic rings. The van der Waals surface area contributed by atoms with Crippen molar-refractivity contribution < 1.29 is 24.5 Å². The molecule has 3 N–H and O–H groups in total. The molecule has 0 bridgehead atoms. The lowest BCUT2D eigenvalue weighted by Crippen LogP contribution is -2.46. The highest BCUT2D eigenvalue weighted by atomic mass is 16.5. The van der Waals surface area contributed by atoms with Crippen LogP contribution in [0.15, 0.2) is 48.6 Å². The maximum Gasteiger partial charge on any atom is 0.306 e. The van der Waals surface area contributed by atoms with Gasteiger partial charge in [-0.25, -0.2) is 0 Å². The lowest BCUT2D eigenvalue weighted by Gasteiger charge is -2.24. The molecular formula is C49H89NO5. The number of rotatable bonds is 41. The summed E-state index contributed by atoms with van der Waals surface area (Å²) in [6, 6.07) is -0.705. The topological polar surface area (TPSA) is 95.9 Å². The van der Waals surface area contributed by atoms with E-state index in [1.54, 1.807) is 0 Å². The number of amides is 1. The first kappa shape index (κ1) is 52.8.